The fraction of sp³-hybridized carbons (Fsp3) is 0.435. The Morgan fingerprint density at radius 1 is 1.14 bits per heavy atom. The third kappa shape index (κ3) is 6.52. The molecule has 2 aromatic carbocycles. The van der Waals surface area contributed by atoms with E-state index in [1.54, 1.807) is 7.05 Å². The SMILES string of the molecule is CCOc1ccccc1CNC(=NC)NC(C)c1cccc(N2CCCC2)c1.I. The Morgan fingerprint density at radius 2 is 1.90 bits per heavy atom. The summed E-state index contributed by atoms with van der Waals surface area (Å²) in [4.78, 5) is 6.85. The second kappa shape index (κ2) is 11.9. The molecule has 3 rings (SSSR count). The number of rotatable bonds is 7. The molecule has 0 saturated carbocycles. The molecule has 5 nitrogen and oxygen atoms in total. The summed E-state index contributed by atoms with van der Waals surface area (Å²) in [6.45, 7) is 7.82. The predicted octanol–water partition coefficient (Wildman–Crippen LogP) is 4.73. The van der Waals surface area contributed by atoms with Crippen LogP contribution in [-0.4, -0.2) is 32.7 Å². The average Bonchev–Trinajstić information content (AvgIpc) is 3.27. The van der Waals surface area contributed by atoms with Crippen LogP contribution >= 0.6 is 24.0 Å². The lowest BCUT2D eigenvalue weighted by atomic mass is 10.1. The van der Waals surface area contributed by atoms with E-state index in [0.29, 0.717) is 13.2 Å². The fourth-order valence-corrected chi connectivity index (χ4v) is 3.57. The summed E-state index contributed by atoms with van der Waals surface area (Å²) in [5, 5.41) is 6.91. The van der Waals surface area contributed by atoms with Gasteiger partial charge >= 0.3 is 0 Å². The highest BCUT2D eigenvalue weighted by molar-refractivity contribution is 14.0. The summed E-state index contributed by atoms with van der Waals surface area (Å²) in [6, 6.07) is 17.1. The molecule has 2 N–H and O–H groups in total. The number of ether oxygens (including phenoxy) is 1. The van der Waals surface area contributed by atoms with Crippen molar-refractivity contribution in [2.75, 3.05) is 31.6 Å². The van der Waals surface area contributed by atoms with Crippen LogP contribution in [0.15, 0.2) is 53.5 Å². The first kappa shape index (κ1) is 23.3. The molecule has 1 atom stereocenters. The second-order valence-corrected chi connectivity index (χ2v) is 7.12. The summed E-state index contributed by atoms with van der Waals surface area (Å²) in [5.74, 6) is 1.70. The molecule has 1 saturated heterocycles. The number of para-hydroxylation sites is 1. The zero-order valence-corrected chi connectivity index (χ0v) is 20.0. The maximum absolute atomic E-state index is 5.71. The number of guanidine groups is 1. The lowest BCUT2D eigenvalue weighted by molar-refractivity contribution is 0.336. The Labute approximate surface area is 192 Å². The molecular formula is C23H33IN4O. The molecule has 0 bridgehead atoms. The van der Waals surface area contributed by atoms with Crippen molar-refractivity contribution < 1.29 is 4.74 Å². The summed E-state index contributed by atoms with van der Waals surface area (Å²) in [5.41, 5.74) is 3.70. The second-order valence-electron chi connectivity index (χ2n) is 7.12. The van der Waals surface area contributed by atoms with Crippen molar-refractivity contribution in [1.29, 1.82) is 0 Å². The summed E-state index contributed by atoms with van der Waals surface area (Å²) in [6.07, 6.45) is 2.58. The molecule has 29 heavy (non-hydrogen) atoms. The van der Waals surface area contributed by atoms with E-state index >= 15 is 0 Å². The van der Waals surface area contributed by atoms with E-state index in [0.717, 1.165) is 30.4 Å². The Balaban J connectivity index is 0.00000300. The van der Waals surface area contributed by atoms with Gasteiger partial charge in [-0.1, -0.05) is 30.3 Å². The lowest BCUT2D eigenvalue weighted by Gasteiger charge is -2.22. The predicted molar refractivity (Wildman–Crippen MR) is 133 cm³/mol. The zero-order valence-electron chi connectivity index (χ0n) is 17.6. The van der Waals surface area contributed by atoms with E-state index in [2.05, 4.69) is 57.8 Å². The van der Waals surface area contributed by atoms with Gasteiger partial charge in [0.1, 0.15) is 5.75 Å². The smallest absolute Gasteiger partial charge is 0.191 e. The van der Waals surface area contributed by atoms with Gasteiger partial charge in [0.05, 0.1) is 12.6 Å². The van der Waals surface area contributed by atoms with Crippen LogP contribution < -0.4 is 20.3 Å². The summed E-state index contributed by atoms with van der Waals surface area (Å²) in [7, 11) is 1.80. The molecule has 0 amide bonds. The Morgan fingerprint density at radius 3 is 2.62 bits per heavy atom. The number of benzene rings is 2. The first-order chi connectivity index (χ1) is 13.7. The zero-order chi connectivity index (χ0) is 19.8. The van der Waals surface area contributed by atoms with Crippen molar-refractivity contribution in [3.8, 4) is 5.75 Å². The lowest BCUT2D eigenvalue weighted by Crippen LogP contribution is -2.38. The molecule has 6 heteroatoms. The highest BCUT2D eigenvalue weighted by Gasteiger charge is 2.14. The molecule has 0 aliphatic carbocycles. The molecule has 1 heterocycles. The normalized spacial score (nSPS) is 14.9. The van der Waals surface area contributed by atoms with Gasteiger partial charge in [-0.15, -0.1) is 24.0 Å². The number of halogens is 1. The summed E-state index contributed by atoms with van der Waals surface area (Å²) < 4.78 is 5.71. The van der Waals surface area contributed by atoms with Crippen LogP contribution in [0.3, 0.4) is 0 Å². The van der Waals surface area contributed by atoms with Crippen LogP contribution in [0, 0.1) is 0 Å². The van der Waals surface area contributed by atoms with Gasteiger partial charge in [-0.25, -0.2) is 0 Å². The molecule has 0 spiro atoms. The van der Waals surface area contributed by atoms with Gasteiger partial charge in [-0.3, -0.25) is 4.99 Å². The maximum atomic E-state index is 5.71. The van der Waals surface area contributed by atoms with Crippen LogP contribution in [0.5, 0.6) is 5.75 Å². The quantitative estimate of drug-likeness (QED) is 0.323. The molecule has 1 aliphatic heterocycles. The Kier molecular flexibility index (Phi) is 9.57. The number of aliphatic imine (C=N–C) groups is 1. The highest BCUT2D eigenvalue weighted by Crippen LogP contribution is 2.24. The number of hydrogen-bond donors (Lipinski definition) is 2. The van der Waals surface area contributed by atoms with Crippen molar-refractivity contribution in [2.45, 2.75) is 39.3 Å². The van der Waals surface area contributed by atoms with Crippen LogP contribution in [0.1, 0.15) is 43.9 Å². The standard InChI is InChI=1S/C23H32N4O.HI/c1-4-28-22-13-6-5-10-20(22)17-25-23(24-3)26-18(2)19-11-9-12-21(16-19)27-14-7-8-15-27;/h5-6,9-13,16,18H,4,7-8,14-15,17H2,1-3H3,(H2,24,25,26);1H. The van der Waals surface area contributed by atoms with E-state index in [-0.39, 0.29) is 30.0 Å². The van der Waals surface area contributed by atoms with Gasteiger partial charge in [-0.2, -0.15) is 0 Å². The van der Waals surface area contributed by atoms with E-state index < -0.39 is 0 Å². The van der Waals surface area contributed by atoms with Crippen molar-refractivity contribution in [1.82, 2.24) is 10.6 Å². The van der Waals surface area contributed by atoms with Crippen molar-refractivity contribution in [3.63, 3.8) is 0 Å². The van der Waals surface area contributed by atoms with Gasteiger partial charge in [0.2, 0.25) is 0 Å². The number of anilines is 1. The van der Waals surface area contributed by atoms with Crippen molar-refractivity contribution >= 4 is 35.6 Å². The highest BCUT2D eigenvalue weighted by atomic mass is 127. The molecule has 158 valence electrons. The van der Waals surface area contributed by atoms with Gasteiger partial charge in [-0.05, 0) is 50.5 Å². The van der Waals surface area contributed by atoms with E-state index in [9.17, 15) is 0 Å². The molecular weight excluding hydrogens is 475 g/mol. The number of nitrogens with zero attached hydrogens (tertiary/aromatic N) is 2. The van der Waals surface area contributed by atoms with E-state index in [1.807, 2.05) is 25.1 Å². The van der Waals surface area contributed by atoms with Gasteiger partial charge in [0, 0.05) is 37.9 Å². The third-order valence-electron chi connectivity index (χ3n) is 5.14. The Hall–Kier alpha value is -1.96. The molecule has 0 aromatic heterocycles. The summed E-state index contributed by atoms with van der Waals surface area (Å²) >= 11 is 0. The number of hydrogen-bond acceptors (Lipinski definition) is 3. The topological polar surface area (TPSA) is 48.9 Å². The largest absolute Gasteiger partial charge is 0.494 e. The van der Waals surface area contributed by atoms with E-state index in [4.69, 9.17) is 4.74 Å². The van der Waals surface area contributed by atoms with Gasteiger partial charge in [0.15, 0.2) is 5.96 Å². The molecule has 2 aromatic rings. The number of nitrogens with one attached hydrogen (secondary N) is 2. The van der Waals surface area contributed by atoms with Crippen LogP contribution in [0.25, 0.3) is 0 Å². The first-order valence-corrected chi connectivity index (χ1v) is 10.2. The van der Waals surface area contributed by atoms with Crippen LogP contribution in [0.4, 0.5) is 5.69 Å². The minimum Gasteiger partial charge on any atom is -0.494 e. The molecule has 0 radical (unpaired) electrons. The van der Waals surface area contributed by atoms with Crippen molar-refractivity contribution in [2.24, 2.45) is 4.99 Å². The molecule has 1 aliphatic rings. The third-order valence-corrected chi connectivity index (χ3v) is 5.14. The minimum atomic E-state index is 0. The monoisotopic (exact) mass is 508 g/mol. The fourth-order valence-electron chi connectivity index (χ4n) is 3.57. The average molecular weight is 508 g/mol. The van der Waals surface area contributed by atoms with Crippen molar-refractivity contribution in [3.05, 3.63) is 59.7 Å². The molecule has 1 unspecified atom stereocenters. The maximum Gasteiger partial charge on any atom is 0.191 e. The van der Waals surface area contributed by atoms with Gasteiger partial charge < -0.3 is 20.3 Å². The first-order valence-electron chi connectivity index (χ1n) is 10.2. The van der Waals surface area contributed by atoms with Crippen LogP contribution in [0.2, 0.25) is 0 Å². The Bertz CT molecular complexity index is 790. The molecule has 1 fully saturated rings. The van der Waals surface area contributed by atoms with E-state index in [1.165, 1.54) is 24.1 Å². The minimum absolute atomic E-state index is 0. The van der Waals surface area contributed by atoms with Crippen LogP contribution in [-0.2, 0) is 6.54 Å². The van der Waals surface area contributed by atoms with Gasteiger partial charge in [0.25, 0.3) is 0 Å².